The topological polar surface area (TPSA) is 91.2 Å². The molecule has 1 unspecified atom stereocenters. The Labute approximate surface area is 180 Å². The van der Waals surface area contributed by atoms with Crippen molar-refractivity contribution in [2.24, 2.45) is 0 Å². The van der Waals surface area contributed by atoms with Gasteiger partial charge in [0.25, 0.3) is 5.91 Å². The summed E-state index contributed by atoms with van der Waals surface area (Å²) in [6.45, 7) is 2.70. The van der Waals surface area contributed by atoms with Gasteiger partial charge in [-0.05, 0) is 25.3 Å². The van der Waals surface area contributed by atoms with Crippen molar-refractivity contribution < 1.29 is 18.7 Å². The minimum absolute atomic E-state index is 0.0725. The second kappa shape index (κ2) is 7.47. The zero-order valence-corrected chi connectivity index (χ0v) is 17.9. The van der Waals surface area contributed by atoms with Gasteiger partial charge < -0.3 is 29.2 Å². The first-order valence-corrected chi connectivity index (χ1v) is 10.7. The highest BCUT2D eigenvalue weighted by Gasteiger charge is 2.49. The molecular weight excluding hydrogens is 398 g/mol. The molecule has 3 amide bonds. The molecule has 1 aromatic heterocycles. The number of urea groups is 1. The highest BCUT2D eigenvalue weighted by molar-refractivity contribution is 6.04. The van der Waals surface area contributed by atoms with E-state index in [1.54, 1.807) is 31.3 Å². The van der Waals surface area contributed by atoms with Crippen molar-refractivity contribution in [3.63, 3.8) is 0 Å². The summed E-state index contributed by atoms with van der Waals surface area (Å²) in [5, 5.41) is 3.55. The molecule has 4 heterocycles. The molecule has 5 rings (SSSR count). The minimum atomic E-state index is -0.631. The van der Waals surface area contributed by atoms with Gasteiger partial charge in [-0.3, -0.25) is 4.79 Å². The maximum Gasteiger partial charge on any atom is 0.320 e. The van der Waals surface area contributed by atoms with Crippen LogP contribution in [0.1, 0.15) is 36.0 Å². The van der Waals surface area contributed by atoms with E-state index >= 15 is 0 Å². The number of methoxy groups -OCH3 is 1. The maximum absolute atomic E-state index is 13.4. The van der Waals surface area contributed by atoms with Gasteiger partial charge in [-0.1, -0.05) is 0 Å². The molecule has 2 saturated heterocycles. The molecule has 0 saturated carbocycles. The molecule has 31 heavy (non-hydrogen) atoms. The van der Waals surface area contributed by atoms with E-state index in [0.29, 0.717) is 47.8 Å². The van der Waals surface area contributed by atoms with Crippen LogP contribution in [-0.2, 0) is 0 Å². The first kappa shape index (κ1) is 19.7. The number of aromatic nitrogens is 1. The number of hydrogen-bond donors (Lipinski definition) is 1. The summed E-state index contributed by atoms with van der Waals surface area (Å²) in [7, 11) is 3.38. The van der Waals surface area contributed by atoms with Gasteiger partial charge in [0.15, 0.2) is 12.2 Å². The van der Waals surface area contributed by atoms with Crippen LogP contribution < -0.4 is 10.1 Å². The van der Waals surface area contributed by atoms with Crippen LogP contribution in [0.5, 0.6) is 5.75 Å². The fraction of sp³-hybridized carbons (Fsp3) is 0.500. The average Bonchev–Trinajstić information content (AvgIpc) is 3.48. The van der Waals surface area contributed by atoms with Crippen LogP contribution in [0.3, 0.4) is 0 Å². The number of nitrogens with one attached hydrogen (secondary N) is 1. The zero-order valence-electron chi connectivity index (χ0n) is 17.9. The molecule has 0 radical (unpaired) electrons. The van der Waals surface area contributed by atoms with E-state index in [1.807, 2.05) is 15.9 Å². The molecule has 0 aliphatic carbocycles. The number of likely N-dealkylation sites (N-methyl/N-ethyl adjacent to an activating group) is 1. The first-order chi connectivity index (χ1) is 15.0. The van der Waals surface area contributed by atoms with Crippen molar-refractivity contribution in [1.29, 1.82) is 0 Å². The smallest absolute Gasteiger partial charge is 0.320 e. The molecule has 3 aliphatic rings. The predicted octanol–water partition coefficient (Wildman–Crippen LogP) is 2.86. The third-order valence-corrected chi connectivity index (χ3v) is 6.73. The number of rotatable bonds is 2. The molecule has 1 aromatic carbocycles. The van der Waals surface area contributed by atoms with Crippen LogP contribution in [-0.4, -0.2) is 77.6 Å². The van der Waals surface area contributed by atoms with Gasteiger partial charge in [0, 0.05) is 39.2 Å². The molecule has 9 nitrogen and oxygen atoms in total. The van der Waals surface area contributed by atoms with Crippen molar-refractivity contribution in [3.8, 4) is 17.1 Å². The van der Waals surface area contributed by atoms with Gasteiger partial charge in [-0.25, -0.2) is 9.78 Å². The summed E-state index contributed by atoms with van der Waals surface area (Å²) in [4.78, 5) is 35.9. The number of amides is 3. The molecule has 3 aliphatic heterocycles. The molecule has 0 bridgehead atoms. The Balaban J connectivity index is 1.44. The Morgan fingerprint density at radius 1 is 1.16 bits per heavy atom. The monoisotopic (exact) mass is 425 g/mol. The summed E-state index contributed by atoms with van der Waals surface area (Å²) in [5.41, 5.74) is 1.29. The Bertz CT molecular complexity index is 1000. The Morgan fingerprint density at radius 2 is 1.97 bits per heavy atom. The fourth-order valence-electron chi connectivity index (χ4n) is 4.90. The fourth-order valence-corrected chi connectivity index (χ4v) is 4.90. The summed E-state index contributed by atoms with van der Waals surface area (Å²) in [6, 6.07) is 3.68. The van der Waals surface area contributed by atoms with Crippen molar-refractivity contribution in [2.75, 3.05) is 45.7 Å². The van der Waals surface area contributed by atoms with E-state index in [4.69, 9.17) is 9.15 Å². The van der Waals surface area contributed by atoms with E-state index < -0.39 is 5.66 Å². The standard InChI is InChI=1S/C22H27N5O4/c1-25-20(28)15-10-16(19-12-23-14-31-19)18(30-2)11-17(15)24-22(25)6-9-27(13-22)21(29)26-7-4-3-5-8-26/h10-12,14,24H,3-9,13H2,1-2H3. The van der Waals surface area contributed by atoms with Crippen molar-refractivity contribution in [1.82, 2.24) is 19.7 Å². The minimum Gasteiger partial charge on any atom is -0.496 e. The summed E-state index contributed by atoms with van der Waals surface area (Å²) < 4.78 is 11.0. The number of piperidine rings is 1. The molecule has 164 valence electrons. The number of oxazole rings is 1. The normalized spacial score (nSPS) is 23.2. The third kappa shape index (κ3) is 3.19. The second-order valence-corrected chi connectivity index (χ2v) is 8.49. The average molecular weight is 425 g/mol. The van der Waals surface area contributed by atoms with Gasteiger partial charge in [-0.15, -0.1) is 0 Å². The van der Waals surface area contributed by atoms with Crippen LogP contribution in [0.4, 0.5) is 10.5 Å². The Hall–Kier alpha value is -3.23. The van der Waals surface area contributed by atoms with Crippen molar-refractivity contribution in [2.45, 2.75) is 31.3 Å². The van der Waals surface area contributed by atoms with Gasteiger partial charge >= 0.3 is 6.03 Å². The Kier molecular flexibility index (Phi) is 4.75. The lowest BCUT2D eigenvalue weighted by molar-refractivity contribution is 0.0600. The lowest BCUT2D eigenvalue weighted by Crippen LogP contribution is -2.60. The second-order valence-electron chi connectivity index (χ2n) is 8.49. The molecule has 2 fully saturated rings. The number of likely N-dealkylation sites (tertiary alicyclic amines) is 2. The zero-order chi connectivity index (χ0) is 21.6. The van der Waals surface area contributed by atoms with Crippen molar-refractivity contribution in [3.05, 3.63) is 30.3 Å². The predicted molar refractivity (Wildman–Crippen MR) is 114 cm³/mol. The molecule has 1 atom stereocenters. The Morgan fingerprint density at radius 3 is 2.68 bits per heavy atom. The largest absolute Gasteiger partial charge is 0.496 e. The lowest BCUT2D eigenvalue weighted by Gasteiger charge is -2.44. The number of anilines is 1. The van der Waals surface area contributed by atoms with Crippen LogP contribution in [0, 0.1) is 0 Å². The van der Waals surface area contributed by atoms with E-state index in [-0.39, 0.29) is 11.9 Å². The number of nitrogens with zero attached hydrogens (tertiary/aromatic N) is 4. The number of ether oxygens (including phenoxy) is 1. The van der Waals surface area contributed by atoms with E-state index in [9.17, 15) is 9.59 Å². The third-order valence-electron chi connectivity index (χ3n) is 6.73. The van der Waals surface area contributed by atoms with Crippen LogP contribution >= 0.6 is 0 Å². The molecule has 1 spiro atoms. The van der Waals surface area contributed by atoms with Gasteiger partial charge in [0.1, 0.15) is 11.4 Å². The summed E-state index contributed by atoms with van der Waals surface area (Å²) in [6.07, 6.45) is 6.91. The van der Waals surface area contributed by atoms with Gasteiger partial charge in [0.05, 0.1) is 36.7 Å². The summed E-state index contributed by atoms with van der Waals surface area (Å²) in [5.74, 6) is 1.04. The van der Waals surface area contributed by atoms with Crippen LogP contribution in [0.2, 0.25) is 0 Å². The highest BCUT2D eigenvalue weighted by Crippen LogP contribution is 2.42. The van der Waals surface area contributed by atoms with Gasteiger partial charge in [0.2, 0.25) is 0 Å². The van der Waals surface area contributed by atoms with Crippen LogP contribution in [0.25, 0.3) is 11.3 Å². The molecule has 2 aromatic rings. The quantitative estimate of drug-likeness (QED) is 0.796. The lowest BCUT2D eigenvalue weighted by atomic mass is 9.96. The van der Waals surface area contributed by atoms with E-state index in [2.05, 4.69) is 10.3 Å². The molecular formula is C22H27N5O4. The number of carbonyl (C=O) groups excluding carboxylic acids is 2. The molecule has 1 N–H and O–H groups in total. The number of carbonyl (C=O) groups is 2. The SMILES string of the molecule is COc1cc2c(cc1-c1cnco1)C(=O)N(C)C1(CCN(C(=O)N3CCCCC3)C1)N2. The highest BCUT2D eigenvalue weighted by atomic mass is 16.5. The van der Waals surface area contributed by atoms with Gasteiger partial charge in [-0.2, -0.15) is 0 Å². The van der Waals surface area contributed by atoms with Crippen molar-refractivity contribution >= 4 is 17.6 Å². The number of benzene rings is 1. The maximum atomic E-state index is 13.4. The van der Waals surface area contributed by atoms with E-state index in [1.165, 1.54) is 12.8 Å². The first-order valence-electron chi connectivity index (χ1n) is 10.7. The number of hydrogen-bond acceptors (Lipinski definition) is 6. The number of fused-ring (bicyclic) bond motifs is 1. The van der Waals surface area contributed by atoms with Crippen LogP contribution in [0.15, 0.2) is 29.1 Å². The molecule has 9 heteroatoms. The summed E-state index contributed by atoms with van der Waals surface area (Å²) >= 11 is 0. The van der Waals surface area contributed by atoms with E-state index in [0.717, 1.165) is 25.9 Å².